The maximum atomic E-state index is 11.8. The Morgan fingerprint density at radius 2 is 2.06 bits per heavy atom. The molecule has 2 atom stereocenters. The highest BCUT2D eigenvalue weighted by molar-refractivity contribution is 5.71. The van der Waals surface area contributed by atoms with Crippen LogP contribution in [0.5, 0.6) is 0 Å². The third-order valence-corrected chi connectivity index (χ3v) is 2.82. The highest BCUT2D eigenvalue weighted by Crippen LogP contribution is 2.26. The summed E-state index contributed by atoms with van der Waals surface area (Å²) in [6.07, 6.45) is 1.01. The number of rotatable bonds is 3. The van der Waals surface area contributed by atoms with Crippen molar-refractivity contribution in [2.24, 2.45) is 5.92 Å². The van der Waals surface area contributed by atoms with Crippen molar-refractivity contribution in [2.45, 2.75) is 52.2 Å². The minimum atomic E-state index is -0.818. The molecule has 1 amide bonds. The van der Waals surface area contributed by atoms with Gasteiger partial charge in [0.2, 0.25) is 0 Å². The van der Waals surface area contributed by atoms with Crippen LogP contribution in [-0.4, -0.2) is 40.3 Å². The Hall–Kier alpha value is -1.26. The van der Waals surface area contributed by atoms with Crippen LogP contribution in [0.4, 0.5) is 4.79 Å². The van der Waals surface area contributed by atoms with Gasteiger partial charge >= 0.3 is 12.1 Å². The molecule has 1 fully saturated rings. The molecule has 0 aliphatic carbocycles. The molecule has 17 heavy (non-hydrogen) atoms. The van der Waals surface area contributed by atoms with Gasteiger partial charge in [0, 0.05) is 12.6 Å². The number of amides is 1. The Balaban J connectivity index is 2.46. The van der Waals surface area contributed by atoms with E-state index in [9.17, 15) is 9.59 Å². The van der Waals surface area contributed by atoms with E-state index in [0.717, 1.165) is 6.42 Å². The molecule has 1 aliphatic heterocycles. The molecular formula is C12H21NO4. The van der Waals surface area contributed by atoms with Crippen molar-refractivity contribution in [3.8, 4) is 0 Å². The van der Waals surface area contributed by atoms with Gasteiger partial charge in [-0.05, 0) is 33.6 Å². The quantitative estimate of drug-likeness (QED) is 0.824. The summed E-state index contributed by atoms with van der Waals surface area (Å²) < 4.78 is 5.25. The first-order valence-electron chi connectivity index (χ1n) is 5.93. The van der Waals surface area contributed by atoms with Gasteiger partial charge in [0.15, 0.2) is 0 Å². The highest BCUT2D eigenvalue weighted by atomic mass is 16.6. The fraction of sp³-hybridized carbons (Fsp3) is 0.833. The van der Waals surface area contributed by atoms with Gasteiger partial charge in [-0.15, -0.1) is 0 Å². The summed E-state index contributed by atoms with van der Waals surface area (Å²) >= 11 is 0. The van der Waals surface area contributed by atoms with Crippen molar-refractivity contribution in [2.75, 3.05) is 6.54 Å². The molecule has 1 rings (SSSR count). The predicted molar refractivity (Wildman–Crippen MR) is 62.8 cm³/mol. The first-order valence-corrected chi connectivity index (χ1v) is 5.93. The van der Waals surface area contributed by atoms with Gasteiger partial charge in [-0.3, -0.25) is 4.79 Å². The number of hydrogen-bond donors (Lipinski definition) is 1. The number of nitrogens with zero attached hydrogens (tertiary/aromatic N) is 1. The molecule has 0 spiro atoms. The predicted octanol–water partition coefficient (Wildman–Crippen LogP) is 2.11. The van der Waals surface area contributed by atoms with E-state index >= 15 is 0 Å². The minimum Gasteiger partial charge on any atom is -0.481 e. The molecule has 5 nitrogen and oxygen atoms in total. The van der Waals surface area contributed by atoms with Gasteiger partial charge in [-0.1, -0.05) is 6.92 Å². The lowest BCUT2D eigenvalue weighted by Gasteiger charge is -2.42. The smallest absolute Gasteiger partial charge is 0.410 e. The SMILES string of the molecule is CC(CC1CCN1C(=O)OC(C)(C)C)C(=O)O. The molecule has 1 saturated heterocycles. The van der Waals surface area contributed by atoms with Crippen molar-refractivity contribution in [1.29, 1.82) is 0 Å². The van der Waals surface area contributed by atoms with E-state index in [2.05, 4.69) is 0 Å². The van der Waals surface area contributed by atoms with E-state index in [1.54, 1.807) is 11.8 Å². The van der Waals surface area contributed by atoms with Crippen molar-refractivity contribution in [1.82, 2.24) is 4.90 Å². The zero-order valence-corrected chi connectivity index (χ0v) is 10.9. The average Bonchev–Trinajstić information content (AvgIpc) is 2.08. The van der Waals surface area contributed by atoms with Crippen LogP contribution in [0.1, 0.15) is 40.5 Å². The second-order valence-electron chi connectivity index (χ2n) is 5.59. The summed E-state index contributed by atoms with van der Waals surface area (Å²) in [7, 11) is 0. The Kier molecular flexibility index (Phi) is 4.01. The number of hydrogen-bond acceptors (Lipinski definition) is 3. The van der Waals surface area contributed by atoms with Crippen LogP contribution in [-0.2, 0) is 9.53 Å². The zero-order chi connectivity index (χ0) is 13.2. The van der Waals surface area contributed by atoms with Gasteiger partial charge in [-0.2, -0.15) is 0 Å². The summed E-state index contributed by atoms with van der Waals surface area (Å²) in [6.45, 7) is 7.78. The monoisotopic (exact) mass is 243 g/mol. The van der Waals surface area contributed by atoms with E-state index in [0.29, 0.717) is 13.0 Å². The third-order valence-electron chi connectivity index (χ3n) is 2.82. The first-order chi connectivity index (χ1) is 7.70. The Bertz CT molecular complexity index is 308. The molecule has 1 N–H and O–H groups in total. The summed E-state index contributed by atoms with van der Waals surface area (Å²) in [5.41, 5.74) is -0.504. The molecule has 0 aromatic rings. The number of carbonyl (C=O) groups is 2. The number of carboxylic acids is 1. The maximum Gasteiger partial charge on any atom is 0.410 e. The van der Waals surface area contributed by atoms with Gasteiger partial charge in [0.1, 0.15) is 5.60 Å². The molecule has 0 aromatic carbocycles. The Morgan fingerprint density at radius 1 is 1.47 bits per heavy atom. The van der Waals surface area contributed by atoms with Crippen molar-refractivity contribution in [3.05, 3.63) is 0 Å². The summed E-state index contributed by atoms with van der Waals surface area (Å²) in [4.78, 5) is 24.1. The summed E-state index contributed by atoms with van der Waals surface area (Å²) in [6, 6.07) is 0.0101. The van der Waals surface area contributed by atoms with Crippen molar-refractivity contribution >= 4 is 12.1 Å². The normalized spacial score (nSPS) is 21.6. The van der Waals surface area contributed by atoms with Crippen molar-refractivity contribution in [3.63, 3.8) is 0 Å². The van der Waals surface area contributed by atoms with E-state index in [4.69, 9.17) is 9.84 Å². The second-order valence-corrected chi connectivity index (χ2v) is 5.59. The van der Waals surface area contributed by atoms with Gasteiger partial charge in [0.25, 0.3) is 0 Å². The lowest BCUT2D eigenvalue weighted by molar-refractivity contribution is -0.142. The van der Waals surface area contributed by atoms with Crippen LogP contribution in [0.3, 0.4) is 0 Å². The molecule has 5 heteroatoms. The molecule has 2 unspecified atom stereocenters. The molecule has 0 aromatic heterocycles. The zero-order valence-electron chi connectivity index (χ0n) is 10.9. The second kappa shape index (κ2) is 4.94. The molecular weight excluding hydrogens is 222 g/mol. The van der Waals surface area contributed by atoms with E-state index < -0.39 is 17.5 Å². The lowest BCUT2D eigenvalue weighted by Crippen LogP contribution is -2.53. The fourth-order valence-electron chi connectivity index (χ4n) is 1.76. The van der Waals surface area contributed by atoms with Crippen LogP contribution in [0, 0.1) is 5.92 Å². The lowest BCUT2D eigenvalue weighted by atomic mass is 9.93. The van der Waals surface area contributed by atoms with Crippen LogP contribution in [0.2, 0.25) is 0 Å². The van der Waals surface area contributed by atoms with E-state index in [-0.39, 0.29) is 12.1 Å². The number of carboxylic acid groups (broad SMARTS) is 1. The molecule has 0 saturated carbocycles. The average molecular weight is 243 g/mol. The van der Waals surface area contributed by atoms with Crippen LogP contribution < -0.4 is 0 Å². The number of carbonyl (C=O) groups excluding carboxylic acids is 1. The van der Waals surface area contributed by atoms with Crippen LogP contribution in [0.15, 0.2) is 0 Å². The fourth-order valence-corrected chi connectivity index (χ4v) is 1.76. The Labute approximate surface area is 102 Å². The van der Waals surface area contributed by atoms with Crippen LogP contribution >= 0.6 is 0 Å². The third kappa shape index (κ3) is 3.91. The maximum absolute atomic E-state index is 11.8. The standard InChI is InChI=1S/C12H21NO4/c1-8(10(14)15)7-9-5-6-13(9)11(16)17-12(2,3)4/h8-9H,5-7H2,1-4H3,(H,14,15). The van der Waals surface area contributed by atoms with Gasteiger partial charge in [-0.25, -0.2) is 4.79 Å². The highest BCUT2D eigenvalue weighted by Gasteiger charge is 2.36. The number of ether oxygens (including phenoxy) is 1. The van der Waals surface area contributed by atoms with Gasteiger partial charge in [0.05, 0.1) is 5.92 Å². The molecule has 1 aliphatic rings. The molecule has 0 radical (unpaired) electrons. The topological polar surface area (TPSA) is 66.8 Å². The molecule has 0 bridgehead atoms. The van der Waals surface area contributed by atoms with Gasteiger partial charge < -0.3 is 14.7 Å². The number of likely N-dealkylation sites (tertiary alicyclic amines) is 1. The minimum absolute atomic E-state index is 0.0101. The largest absolute Gasteiger partial charge is 0.481 e. The summed E-state index contributed by atoms with van der Waals surface area (Å²) in [5.74, 6) is -1.24. The van der Waals surface area contributed by atoms with Crippen molar-refractivity contribution < 1.29 is 19.4 Å². The van der Waals surface area contributed by atoms with E-state index in [1.807, 2.05) is 20.8 Å². The van der Waals surface area contributed by atoms with E-state index in [1.165, 1.54) is 0 Å². The first kappa shape index (κ1) is 13.8. The van der Waals surface area contributed by atoms with Crippen LogP contribution in [0.25, 0.3) is 0 Å². The molecule has 98 valence electrons. The summed E-state index contributed by atoms with van der Waals surface area (Å²) in [5, 5.41) is 8.83. The Morgan fingerprint density at radius 3 is 2.41 bits per heavy atom. The number of aliphatic carboxylic acids is 1. The molecule has 1 heterocycles.